The molecular formula is C55H71N7O7. The Labute approximate surface area is 407 Å². The normalized spacial score (nSPS) is 22.6. The van der Waals surface area contributed by atoms with Crippen LogP contribution in [-0.2, 0) is 54.6 Å². The molecule has 14 heteroatoms. The van der Waals surface area contributed by atoms with Gasteiger partial charge < -0.3 is 34.4 Å². The summed E-state index contributed by atoms with van der Waals surface area (Å²) < 4.78 is 8.54. The number of benzene rings is 3. The van der Waals surface area contributed by atoms with Crippen molar-refractivity contribution >= 4 is 40.5 Å². The van der Waals surface area contributed by atoms with Crippen molar-refractivity contribution < 1.29 is 33.8 Å². The number of nitrogens with zero attached hydrogens (tertiary/aromatic N) is 5. The molecule has 69 heavy (non-hydrogen) atoms. The highest BCUT2D eigenvalue weighted by Crippen LogP contribution is 2.42. The summed E-state index contributed by atoms with van der Waals surface area (Å²) in [5, 5.41) is 17.0. The lowest BCUT2D eigenvalue weighted by Crippen LogP contribution is -2.62. The van der Waals surface area contributed by atoms with Crippen molar-refractivity contribution in [2.24, 2.45) is 23.2 Å². The van der Waals surface area contributed by atoms with Gasteiger partial charge in [0.2, 0.25) is 17.7 Å². The number of nitrogens with one attached hydrogen (secondary N) is 2. The molecule has 1 saturated carbocycles. The number of aryl methyl sites for hydroxylation is 1. The summed E-state index contributed by atoms with van der Waals surface area (Å²) in [5.41, 5.74) is 10.6. The van der Waals surface area contributed by atoms with E-state index in [-0.39, 0.29) is 49.0 Å². The first kappa shape index (κ1) is 49.4. The second-order valence-corrected chi connectivity index (χ2v) is 21.1. The van der Waals surface area contributed by atoms with Gasteiger partial charge in [-0.25, -0.2) is 5.43 Å². The highest BCUT2D eigenvalue weighted by Gasteiger charge is 2.44. The van der Waals surface area contributed by atoms with Crippen LogP contribution in [0, 0.1) is 23.2 Å². The van der Waals surface area contributed by atoms with Crippen molar-refractivity contribution in [3.63, 3.8) is 0 Å². The number of hydrogen-bond acceptors (Lipinski definition) is 9. The first-order valence-electron chi connectivity index (χ1n) is 24.9. The van der Waals surface area contributed by atoms with Gasteiger partial charge >= 0.3 is 5.97 Å². The van der Waals surface area contributed by atoms with Gasteiger partial charge in [-0.15, -0.1) is 0 Å². The second-order valence-electron chi connectivity index (χ2n) is 21.1. The average molecular weight is 942 g/mol. The number of ether oxygens (including phenoxy) is 1. The molecule has 4 aliphatic rings. The van der Waals surface area contributed by atoms with Gasteiger partial charge in [0.05, 0.1) is 18.2 Å². The molecule has 3 aliphatic heterocycles. The molecule has 4 amide bonds. The van der Waals surface area contributed by atoms with Crippen LogP contribution in [0.4, 0.5) is 0 Å². The Morgan fingerprint density at radius 1 is 0.986 bits per heavy atom. The maximum absolute atomic E-state index is 14.9. The highest BCUT2D eigenvalue weighted by molar-refractivity contribution is 5.96. The zero-order valence-corrected chi connectivity index (χ0v) is 41.6. The van der Waals surface area contributed by atoms with E-state index in [2.05, 4.69) is 104 Å². The number of rotatable bonds is 10. The molecule has 5 atom stereocenters. The molecule has 14 nitrogen and oxygen atoms in total. The SMILES string of the molecule is C=CC(=O)N1C[C@H](C)[C@H](C(=O)N(C)[C@H](C(=O)N[C@H]2Cc3cc(O)cc(c3)-c3ccc4c(c3)c(c(-c3ccccc3CN(C)C)n4CC)CC(C)(C)COC(=O)[C@@H]3CCCN(N3)C2=O)C2CCCC2)C1. The fourth-order valence-electron chi connectivity index (χ4n) is 11.5. The highest BCUT2D eigenvalue weighted by atomic mass is 16.5. The summed E-state index contributed by atoms with van der Waals surface area (Å²) in [6.45, 7) is 14.5. The summed E-state index contributed by atoms with van der Waals surface area (Å²) in [5.74, 6) is -2.53. The van der Waals surface area contributed by atoms with Crippen LogP contribution >= 0.6 is 0 Å². The van der Waals surface area contributed by atoms with E-state index in [4.69, 9.17) is 4.74 Å². The minimum absolute atomic E-state index is 0.0167. The summed E-state index contributed by atoms with van der Waals surface area (Å²) in [7, 11) is 5.80. The van der Waals surface area contributed by atoms with Crippen LogP contribution in [0.5, 0.6) is 5.75 Å². The molecule has 368 valence electrons. The molecule has 0 radical (unpaired) electrons. The predicted octanol–water partition coefficient (Wildman–Crippen LogP) is 6.71. The van der Waals surface area contributed by atoms with Gasteiger partial charge in [-0.2, -0.15) is 0 Å². The first-order valence-corrected chi connectivity index (χ1v) is 24.9. The number of phenols is 1. The quantitative estimate of drug-likeness (QED) is 0.116. The third-order valence-corrected chi connectivity index (χ3v) is 14.9. The number of amides is 4. The van der Waals surface area contributed by atoms with Gasteiger partial charge in [0.1, 0.15) is 23.9 Å². The summed E-state index contributed by atoms with van der Waals surface area (Å²) in [6.07, 6.45) is 6.19. The molecule has 0 unspecified atom stereocenters. The van der Waals surface area contributed by atoms with Crippen LogP contribution in [0.25, 0.3) is 33.3 Å². The summed E-state index contributed by atoms with van der Waals surface area (Å²) in [4.78, 5) is 76.2. The van der Waals surface area contributed by atoms with E-state index in [0.717, 1.165) is 77.6 Å². The van der Waals surface area contributed by atoms with Crippen molar-refractivity contribution in [1.29, 1.82) is 0 Å². The Kier molecular flexibility index (Phi) is 14.7. The fraction of sp³-hybridized carbons (Fsp3) is 0.509. The molecule has 2 saturated heterocycles. The molecule has 3 fully saturated rings. The van der Waals surface area contributed by atoms with Crippen molar-refractivity contribution in [3.8, 4) is 28.1 Å². The number of aromatic nitrogens is 1. The van der Waals surface area contributed by atoms with Gasteiger partial charge in [-0.3, -0.25) is 29.0 Å². The molecule has 6 bridgehead atoms. The van der Waals surface area contributed by atoms with Crippen molar-refractivity contribution in [2.75, 3.05) is 47.4 Å². The van der Waals surface area contributed by atoms with E-state index in [9.17, 15) is 29.1 Å². The van der Waals surface area contributed by atoms with E-state index in [0.29, 0.717) is 37.9 Å². The Morgan fingerprint density at radius 3 is 2.46 bits per heavy atom. The van der Waals surface area contributed by atoms with Crippen LogP contribution in [0.3, 0.4) is 0 Å². The number of carbonyl (C=O) groups excluding carboxylic acids is 5. The third kappa shape index (κ3) is 10.5. The van der Waals surface area contributed by atoms with E-state index in [1.165, 1.54) is 16.6 Å². The molecule has 8 rings (SSSR count). The number of phenolic OH excluding ortho intramolecular Hbond substituents is 1. The van der Waals surface area contributed by atoms with Crippen molar-refractivity contribution in [3.05, 3.63) is 90.0 Å². The number of aromatic hydroxyl groups is 1. The molecule has 0 spiro atoms. The number of hydrazine groups is 1. The number of likely N-dealkylation sites (tertiary alicyclic amines) is 1. The molecule has 4 heterocycles. The van der Waals surface area contributed by atoms with E-state index >= 15 is 0 Å². The number of likely N-dealkylation sites (N-methyl/N-ethyl adjacent to an activating group) is 1. The van der Waals surface area contributed by atoms with Gasteiger partial charge in [0.25, 0.3) is 5.91 Å². The molecule has 1 aliphatic carbocycles. The maximum atomic E-state index is 14.9. The second kappa shape index (κ2) is 20.5. The maximum Gasteiger partial charge on any atom is 0.324 e. The van der Waals surface area contributed by atoms with E-state index < -0.39 is 47.2 Å². The van der Waals surface area contributed by atoms with Crippen LogP contribution in [0.1, 0.15) is 82.9 Å². The lowest BCUT2D eigenvalue weighted by Gasteiger charge is -2.37. The molecule has 4 aromatic rings. The predicted molar refractivity (Wildman–Crippen MR) is 267 cm³/mol. The lowest BCUT2D eigenvalue weighted by atomic mass is 9.84. The Hall–Kier alpha value is -5.99. The van der Waals surface area contributed by atoms with Gasteiger partial charge in [-0.1, -0.05) is 76.6 Å². The van der Waals surface area contributed by atoms with Crippen LogP contribution < -0.4 is 10.7 Å². The monoisotopic (exact) mass is 942 g/mol. The topological polar surface area (TPSA) is 157 Å². The minimum Gasteiger partial charge on any atom is -0.508 e. The van der Waals surface area contributed by atoms with Gasteiger partial charge in [0.15, 0.2) is 0 Å². The van der Waals surface area contributed by atoms with Crippen molar-refractivity contribution in [2.45, 2.75) is 110 Å². The van der Waals surface area contributed by atoms with E-state index in [1.807, 2.05) is 13.0 Å². The standard InChI is InChI=1S/C55H71N7O7/c1-9-48(64)60-30-34(3)44(32-60)52(66)59(8)49(36-16-11-12-17-36)51(65)56-46-26-35-24-39(27-40(63)25-35)37-21-22-47-42(28-37)43(50(61(47)10-2)41-19-14-13-18-38(41)31-58(6)7)29-55(4,5)33-69-54(68)45-20-15-23-62(57-45)53(46)67/h9,13-14,18-19,21-22,24-25,27-28,34,36,44-46,49,57,63H,1,10-12,15-17,20,23,26,29-33H2,2-8H3,(H,56,65)/t34-,44+,45-,46-,49-/m0/s1. The molecular weight excluding hydrogens is 871 g/mol. The van der Waals surface area contributed by atoms with Crippen LogP contribution in [-0.4, -0.2) is 124 Å². The first-order chi connectivity index (χ1) is 33.0. The summed E-state index contributed by atoms with van der Waals surface area (Å²) in [6, 6.07) is 17.4. The number of fused-ring (bicyclic) bond motifs is 6. The number of carbonyl (C=O) groups is 5. The summed E-state index contributed by atoms with van der Waals surface area (Å²) >= 11 is 0. The number of hydrogen-bond donors (Lipinski definition) is 3. The van der Waals surface area contributed by atoms with Crippen LogP contribution in [0.2, 0.25) is 0 Å². The van der Waals surface area contributed by atoms with Crippen molar-refractivity contribution in [1.82, 2.24) is 35.0 Å². The Bertz CT molecular complexity index is 2610. The number of cyclic esters (lactones) is 1. The molecule has 1 aromatic heterocycles. The fourth-order valence-corrected chi connectivity index (χ4v) is 11.5. The third-order valence-electron chi connectivity index (χ3n) is 14.9. The largest absolute Gasteiger partial charge is 0.508 e. The van der Waals surface area contributed by atoms with Gasteiger partial charge in [-0.05, 0) is 123 Å². The molecule has 3 N–H and O–H groups in total. The zero-order chi connectivity index (χ0) is 49.3. The zero-order valence-electron chi connectivity index (χ0n) is 41.6. The van der Waals surface area contributed by atoms with Crippen LogP contribution in [0.15, 0.2) is 73.3 Å². The Balaban J connectivity index is 1.20. The molecule has 3 aromatic carbocycles. The Morgan fingerprint density at radius 2 is 1.74 bits per heavy atom. The smallest absolute Gasteiger partial charge is 0.324 e. The average Bonchev–Trinajstić information content (AvgIpc) is 4.07. The minimum atomic E-state index is -1.14. The lowest BCUT2D eigenvalue weighted by molar-refractivity contribution is -0.155. The van der Waals surface area contributed by atoms with E-state index in [1.54, 1.807) is 29.0 Å². The van der Waals surface area contributed by atoms with Gasteiger partial charge in [0, 0.05) is 68.1 Å². The number of esters is 1.